The van der Waals surface area contributed by atoms with Crippen LogP contribution in [0.1, 0.15) is 5.69 Å². The highest BCUT2D eigenvalue weighted by Crippen LogP contribution is 2.19. The molecule has 0 saturated heterocycles. The third kappa shape index (κ3) is 1.37. The lowest BCUT2D eigenvalue weighted by atomic mass is 10.1. The normalized spacial score (nSPS) is 10.8. The van der Waals surface area contributed by atoms with Crippen molar-refractivity contribution in [3.8, 4) is 11.3 Å². The first-order valence-electron chi connectivity index (χ1n) is 5.21. The van der Waals surface area contributed by atoms with E-state index in [4.69, 9.17) is 0 Å². The molecule has 0 aliphatic carbocycles. The molecule has 3 rings (SSSR count). The van der Waals surface area contributed by atoms with Crippen LogP contribution < -0.4 is 0 Å². The lowest BCUT2D eigenvalue weighted by Crippen LogP contribution is -1.95. The predicted octanol–water partition coefficient (Wildman–Crippen LogP) is 2.70. The molecular weight excluding hydrogens is 198 g/mol. The molecule has 3 aromatic rings. The fourth-order valence-electron chi connectivity index (χ4n) is 1.84. The molecule has 0 unspecified atom stereocenters. The minimum atomic E-state index is 0.888. The summed E-state index contributed by atoms with van der Waals surface area (Å²) in [6.07, 6.45) is 1.82. The molecule has 3 nitrogen and oxygen atoms in total. The van der Waals surface area contributed by atoms with Crippen molar-refractivity contribution < 1.29 is 0 Å². The molecule has 1 aromatic carbocycles. The van der Waals surface area contributed by atoms with Gasteiger partial charge in [-0.1, -0.05) is 30.3 Å². The third-order valence-electron chi connectivity index (χ3n) is 2.55. The van der Waals surface area contributed by atoms with Crippen molar-refractivity contribution in [2.75, 3.05) is 0 Å². The van der Waals surface area contributed by atoms with E-state index >= 15 is 0 Å². The number of hydrogen-bond acceptors (Lipinski definition) is 2. The van der Waals surface area contributed by atoms with Crippen LogP contribution in [0.15, 0.2) is 48.7 Å². The van der Waals surface area contributed by atoms with Gasteiger partial charge < -0.3 is 0 Å². The second-order valence-electron chi connectivity index (χ2n) is 3.75. The fourth-order valence-corrected chi connectivity index (χ4v) is 1.84. The molecular formula is C13H11N3. The Morgan fingerprint density at radius 2 is 1.88 bits per heavy atom. The van der Waals surface area contributed by atoms with E-state index in [0.29, 0.717) is 0 Å². The molecule has 0 aliphatic rings. The molecule has 0 bridgehead atoms. The predicted molar refractivity (Wildman–Crippen MR) is 63.2 cm³/mol. The van der Waals surface area contributed by atoms with Gasteiger partial charge >= 0.3 is 0 Å². The highest BCUT2D eigenvalue weighted by Gasteiger charge is 2.05. The van der Waals surface area contributed by atoms with Crippen molar-refractivity contribution in [3.63, 3.8) is 0 Å². The van der Waals surface area contributed by atoms with Crippen LogP contribution in [-0.2, 0) is 0 Å². The third-order valence-corrected chi connectivity index (χ3v) is 2.55. The molecule has 0 aliphatic heterocycles. The van der Waals surface area contributed by atoms with Crippen LogP contribution in [0.3, 0.4) is 0 Å². The summed E-state index contributed by atoms with van der Waals surface area (Å²) in [4.78, 5) is 4.29. The Balaban J connectivity index is 2.31. The van der Waals surface area contributed by atoms with Crippen molar-refractivity contribution >= 4 is 5.65 Å². The van der Waals surface area contributed by atoms with E-state index in [1.165, 1.54) is 0 Å². The average molecular weight is 209 g/mol. The maximum absolute atomic E-state index is 4.44. The second-order valence-corrected chi connectivity index (χ2v) is 3.75. The van der Waals surface area contributed by atoms with Gasteiger partial charge in [0.1, 0.15) is 0 Å². The molecule has 0 N–H and O–H groups in total. The van der Waals surface area contributed by atoms with E-state index in [-0.39, 0.29) is 0 Å². The van der Waals surface area contributed by atoms with Crippen LogP contribution in [0.2, 0.25) is 0 Å². The zero-order valence-electron chi connectivity index (χ0n) is 8.96. The first-order chi connectivity index (χ1) is 7.84. The Morgan fingerprint density at radius 1 is 1.06 bits per heavy atom. The maximum atomic E-state index is 4.44. The highest BCUT2D eigenvalue weighted by atomic mass is 15.3. The number of aryl methyl sites for hydroxylation is 1. The molecule has 0 spiro atoms. The lowest BCUT2D eigenvalue weighted by molar-refractivity contribution is 0.925. The Bertz CT molecular complexity index is 626. The summed E-state index contributed by atoms with van der Waals surface area (Å²) in [6, 6.07) is 14.2. The monoisotopic (exact) mass is 209 g/mol. The summed E-state index contributed by atoms with van der Waals surface area (Å²) in [7, 11) is 0. The Hall–Kier alpha value is -2.16. The van der Waals surface area contributed by atoms with Gasteiger partial charge in [-0.25, -0.2) is 9.50 Å². The van der Waals surface area contributed by atoms with Gasteiger partial charge in [0, 0.05) is 17.8 Å². The summed E-state index contributed by atoms with van der Waals surface area (Å²) in [5.74, 6) is 0. The van der Waals surface area contributed by atoms with E-state index in [9.17, 15) is 0 Å². The number of rotatable bonds is 1. The van der Waals surface area contributed by atoms with Crippen LogP contribution in [0.5, 0.6) is 0 Å². The van der Waals surface area contributed by atoms with E-state index in [0.717, 1.165) is 22.6 Å². The van der Waals surface area contributed by atoms with Gasteiger partial charge in [-0.3, -0.25) is 0 Å². The van der Waals surface area contributed by atoms with E-state index < -0.39 is 0 Å². The Kier molecular flexibility index (Phi) is 1.96. The maximum Gasteiger partial charge on any atom is 0.155 e. The van der Waals surface area contributed by atoms with Gasteiger partial charge in [0.05, 0.1) is 11.4 Å². The van der Waals surface area contributed by atoms with Gasteiger partial charge in [-0.15, -0.1) is 0 Å². The highest BCUT2D eigenvalue weighted by molar-refractivity contribution is 5.62. The molecule has 0 atom stereocenters. The van der Waals surface area contributed by atoms with Crippen molar-refractivity contribution in [1.29, 1.82) is 0 Å². The summed E-state index contributed by atoms with van der Waals surface area (Å²) in [5, 5.41) is 4.44. The second kappa shape index (κ2) is 3.45. The van der Waals surface area contributed by atoms with Crippen molar-refractivity contribution in [2.45, 2.75) is 6.92 Å². The first kappa shape index (κ1) is 9.09. The van der Waals surface area contributed by atoms with Gasteiger partial charge in [-0.05, 0) is 13.0 Å². The largest absolute Gasteiger partial charge is 0.237 e. The quantitative estimate of drug-likeness (QED) is 0.616. The minimum Gasteiger partial charge on any atom is -0.237 e. The van der Waals surface area contributed by atoms with Crippen LogP contribution >= 0.6 is 0 Å². The van der Waals surface area contributed by atoms with Crippen LogP contribution in [0, 0.1) is 6.92 Å². The zero-order valence-corrected chi connectivity index (χ0v) is 8.96. The number of fused-ring (bicyclic) bond motifs is 1. The number of benzene rings is 1. The van der Waals surface area contributed by atoms with E-state index in [1.54, 1.807) is 0 Å². The molecule has 0 fully saturated rings. The molecule has 16 heavy (non-hydrogen) atoms. The number of hydrogen-bond donors (Lipinski definition) is 0. The topological polar surface area (TPSA) is 30.2 Å². The Morgan fingerprint density at radius 3 is 2.69 bits per heavy atom. The number of aromatic nitrogens is 3. The molecule has 0 saturated carbocycles. The van der Waals surface area contributed by atoms with Gasteiger partial charge in [-0.2, -0.15) is 5.10 Å². The zero-order chi connectivity index (χ0) is 11.0. The Labute approximate surface area is 93.4 Å². The molecule has 0 radical (unpaired) electrons. The van der Waals surface area contributed by atoms with Crippen LogP contribution in [0.4, 0.5) is 0 Å². The fraction of sp³-hybridized carbons (Fsp3) is 0.0769. The van der Waals surface area contributed by atoms with E-state index in [1.807, 2.05) is 48.0 Å². The summed E-state index contributed by atoms with van der Waals surface area (Å²) in [6.45, 7) is 1.98. The van der Waals surface area contributed by atoms with E-state index in [2.05, 4.69) is 22.2 Å². The molecule has 2 heterocycles. The molecule has 2 aromatic heterocycles. The van der Waals surface area contributed by atoms with Crippen molar-refractivity contribution in [3.05, 3.63) is 54.4 Å². The van der Waals surface area contributed by atoms with Crippen LogP contribution in [-0.4, -0.2) is 14.6 Å². The van der Waals surface area contributed by atoms with Gasteiger partial charge in [0.2, 0.25) is 0 Å². The minimum absolute atomic E-state index is 0.888. The smallest absolute Gasteiger partial charge is 0.155 e. The molecule has 0 amide bonds. The molecule has 78 valence electrons. The summed E-state index contributed by atoms with van der Waals surface area (Å²) >= 11 is 0. The van der Waals surface area contributed by atoms with Crippen LogP contribution in [0.25, 0.3) is 16.9 Å². The van der Waals surface area contributed by atoms with Gasteiger partial charge in [0.15, 0.2) is 5.65 Å². The summed E-state index contributed by atoms with van der Waals surface area (Å²) in [5.41, 5.74) is 4.09. The first-order valence-corrected chi connectivity index (χ1v) is 5.21. The standard InChI is InChI=1S/C13H11N3/c1-10-9-13-14-8-7-12(16(13)15-10)11-5-3-2-4-6-11/h2-9H,1H3. The molecule has 3 heteroatoms. The van der Waals surface area contributed by atoms with Gasteiger partial charge in [0.25, 0.3) is 0 Å². The van der Waals surface area contributed by atoms with Crippen molar-refractivity contribution in [1.82, 2.24) is 14.6 Å². The average Bonchev–Trinajstić information content (AvgIpc) is 2.70. The summed E-state index contributed by atoms with van der Waals surface area (Å²) < 4.78 is 1.88. The van der Waals surface area contributed by atoms with Crippen molar-refractivity contribution in [2.24, 2.45) is 0 Å². The lowest BCUT2D eigenvalue weighted by Gasteiger charge is -2.03. The number of nitrogens with zero attached hydrogens (tertiary/aromatic N) is 3. The SMILES string of the molecule is Cc1cc2nccc(-c3ccccc3)n2n1.